The summed E-state index contributed by atoms with van der Waals surface area (Å²) in [7, 11) is 3.17. The van der Waals surface area contributed by atoms with Gasteiger partial charge in [-0.1, -0.05) is 13.8 Å². The first-order valence-corrected chi connectivity index (χ1v) is 9.41. The third-order valence-electron chi connectivity index (χ3n) is 3.97. The Morgan fingerprint density at radius 2 is 1.72 bits per heavy atom. The van der Waals surface area contributed by atoms with Crippen LogP contribution >= 0.6 is 0 Å². The Bertz CT molecular complexity index is 803. The standard InChI is InChI=1S/C22H28N2O5/c1-16(2)11-12-28-20-10-5-17(13-21(20)27-4)14-23-24-22(25)15-29-19-8-6-18(26-3)7-9-19/h5-10,13-14,16H,11-12,15H2,1-4H3,(H,24,25)/b23-14+. The molecule has 1 amide bonds. The predicted molar refractivity (Wildman–Crippen MR) is 112 cm³/mol. The van der Waals surface area contributed by atoms with Crippen molar-refractivity contribution in [2.45, 2.75) is 20.3 Å². The summed E-state index contributed by atoms with van der Waals surface area (Å²) in [6.07, 6.45) is 2.50. The predicted octanol–water partition coefficient (Wildman–Crippen LogP) is 3.66. The van der Waals surface area contributed by atoms with Crippen LogP contribution in [0.15, 0.2) is 47.6 Å². The Hall–Kier alpha value is -3.22. The minimum atomic E-state index is -0.363. The van der Waals surface area contributed by atoms with Gasteiger partial charge in [-0.05, 0) is 60.4 Å². The van der Waals surface area contributed by atoms with E-state index in [2.05, 4.69) is 24.4 Å². The summed E-state index contributed by atoms with van der Waals surface area (Å²) in [6.45, 7) is 4.79. The number of hydrogen-bond donors (Lipinski definition) is 1. The highest BCUT2D eigenvalue weighted by atomic mass is 16.5. The molecule has 0 heterocycles. The zero-order valence-corrected chi connectivity index (χ0v) is 17.3. The Morgan fingerprint density at radius 1 is 1.00 bits per heavy atom. The average Bonchev–Trinajstić information content (AvgIpc) is 2.73. The number of carbonyl (C=O) groups is 1. The second kappa shape index (κ2) is 11.6. The number of rotatable bonds is 11. The van der Waals surface area contributed by atoms with Gasteiger partial charge in [-0.3, -0.25) is 4.79 Å². The molecular weight excluding hydrogens is 372 g/mol. The van der Waals surface area contributed by atoms with Gasteiger partial charge in [-0.2, -0.15) is 5.10 Å². The van der Waals surface area contributed by atoms with Crippen molar-refractivity contribution in [3.05, 3.63) is 48.0 Å². The van der Waals surface area contributed by atoms with Crippen LogP contribution in [0.2, 0.25) is 0 Å². The van der Waals surface area contributed by atoms with E-state index < -0.39 is 0 Å². The van der Waals surface area contributed by atoms with E-state index in [4.69, 9.17) is 18.9 Å². The summed E-state index contributed by atoms with van der Waals surface area (Å²) in [5, 5.41) is 3.95. The monoisotopic (exact) mass is 400 g/mol. The van der Waals surface area contributed by atoms with Crippen molar-refractivity contribution >= 4 is 12.1 Å². The number of amides is 1. The fourth-order valence-corrected chi connectivity index (χ4v) is 2.32. The molecule has 2 rings (SSSR count). The number of nitrogens with zero attached hydrogens (tertiary/aromatic N) is 1. The zero-order valence-electron chi connectivity index (χ0n) is 17.3. The highest BCUT2D eigenvalue weighted by molar-refractivity contribution is 5.83. The first kappa shape index (κ1) is 22.1. The molecule has 2 aromatic carbocycles. The van der Waals surface area contributed by atoms with E-state index in [0.717, 1.165) is 17.7 Å². The number of ether oxygens (including phenoxy) is 4. The van der Waals surface area contributed by atoms with E-state index in [1.54, 1.807) is 44.6 Å². The molecule has 0 fully saturated rings. The molecule has 156 valence electrons. The van der Waals surface area contributed by atoms with Crippen LogP contribution in [0.1, 0.15) is 25.8 Å². The number of nitrogens with one attached hydrogen (secondary N) is 1. The molecule has 0 bridgehead atoms. The molecule has 0 saturated heterocycles. The lowest BCUT2D eigenvalue weighted by molar-refractivity contribution is -0.123. The van der Waals surface area contributed by atoms with Gasteiger partial charge in [0, 0.05) is 0 Å². The van der Waals surface area contributed by atoms with Crippen molar-refractivity contribution in [3.63, 3.8) is 0 Å². The molecule has 0 saturated carbocycles. The molecule has 0 aliphatic rings. The maximum absolute atomic E-state index is 11.9. The van der Waals surface area contributed by atoms with Gasteiger partial charge >= 0.3 is 0 Å². The molecule has 29 heavy (non-hydrogen) atoms. The van der Waals surface area contributed by atoms with E-state index in [-0.39, 0.29) is 12.5 Å². The average molecular weight is 400 g/mol. The van der Waals surface area contributed by atoms with Crippen molar-refractivity contribution in [2.24, 2.45) is 11.0 Å². The Morgan fingerprint density at radius 3 is 2.38 bits per heavy atom. The quantitative estimate of drug-likeness (QED) is 0.460. The fourth-order valence-electron chi connectivity index (χ4n) is 2.32. The summed E-state index contributed by atoms with van der Waals surface area (Å²) in [6, 6.07) is 12.4. The molecule has 0 aliphatic carbocycles. The lowest BCUT2D eigenvalue weighted by Gasteiger charge is -2.12. The maximum Gasteiger partial charge on any atom is 0.277 e. The van der Waals surface area contributed by atoms with Crippen LogP contribution in [-0.4, -0.2) is 39.6 Å². The summed E-state index contributed by atoms with van der Waals surface area (Å²) < 4.78 is 21.6. The second-order valence-electron chi connectivity index (χ2n) is 6.70. The lowest BCUT2D eigenvalue weighted by Crippen LogP contribution is -2.24. The Balaban J connectivity index is 1.82. The molecular formula is C22H28N2O5. The number of methoxy groups -OCH3 is 2. The minimum absolute atomic E-state index is 0.143. The fraction of sp³-hybridized carbons (Fsp3) is 0.364. The van der Waals surface area contributed by atoms with Gasteiger partial charge in [0.25, 0.3) is 5.91 Å². The Kier molecular flexibility index (Phi) is 8.82. The zero-order chi connectivity index (χ0) is 21.1. The smallest absolute Gasteiger partial charge is 0.277 e. The summed E-state index contributed by atoms with van der Waals surface area (Å²) in [5.74, 6) is 2.80. The molecule has 0 unspecified atom stereocenters. The van der Waals surface area contributed by atoms with Crippen LogP contribution in [0.3, 0.4) is 0 Å². The lowest BCUT2D eigenvalue weighted by atomic mass is 10.1. The topological polar surface area (TPSA) is 78.4 Å². The van der Waals surface area contributed by atoms with E-state index in [1.165, 1.54) is 6.21 Å². The van der Waals surface area contributed by atoms with Gasteiger partial charge in [0.2, 0.25) is 0 Å². The largest absolute Gasteiger partial charge is 0.497 e. The third kappa shape index (κ3) is 7.73. The third-order valence-corrected chi connectivity index (χ3v) is 3.97. The van der Waals surface area contributed by atoms with E-state index in [0.29, 0.717) is 29.8 Å². The van der Waals surface area contributed by atoms with Crippen LogP contribution in [0, 0.1) is 5.92 Å². The van der Waals surface area contributed by atoms with Gasteiger partial charge in [-0.25, -0.2) is 5.43 Å². The Labute approximate surface area is 171 Å². The number of benzene rings is 2. The molecule has 0 atom stereocenters. The second-order valence-corrected chi connectivity index (χ2v) is 6.70. The molecule has 7 heteroatoms. The number of hydrazone groups is 1. The van der Waals surface area contributed by atoms with Crippen LogP contribution in [0.5, 0.6) is 23.0 Å². The summed E-state index contributed by atoms with van der Waals surface area (Å²) >= 11 is 0. The van der Waals surface area contributed by atoms with E-state index in [1.807, 2.05) is 12.1 Å². The van der Waals surface area contributed by atoms with E-state index in [9.17, 15) is 4.79 Å². The van der Waals surface area contributed by atoms with Crippen molar-refractivity contribution in [1.29, 1.82) is 0 Å². The highest BCUT2D eigenvalue weighted by Gasteiger charge is 2.06. The summed E-state index contributed by atoms with van der Waals surface area (Å²) in [4.78, 5) is 11.9. The molecule has 0 aromatic heterocycles. The van der Waals surface area contributed by atoms with Gasteiger partial charge in [0.05, 0.1) is 27.0 Å². The number of hydrogen-bond acceptors (Lipinski definition) is 6. The minimum Gasteiger partial charge on any atom is -0.497 e. The number of carbonyl (C=O) groups excluding carboxylic acids is 1. The molecule has 0 spiro atoms. The van der Waals surface area contributed by atoms with E-state index >= 15 is 0 Å². The van der Waals surface area contributed by atoms with Crippen molar-refractivity contribution in [2.75, 3.05) is 27.4 Å². The molecule has 0 aliphatic heterocycles. The van der Waals surface area contributed by atoms with Crippen molar-refractivity contribution in [3.8, 4) is 23.0 Å². The van der Waals surface area contributed by atoms with Crippen molar-refractivity contribution in [1.82, 2.24) is 5.43 Å². The molecule has 1 N–H and O–H groups in total. The molecule has 0 radical (unpaired) electrons. The van der Waals surface area contributed by atoms with Gasteiger partial charge < -0.3 is 18.9 Å². The van der Waals surface area contributed by atoms with Gasteiger partial charge in [-0.15, -0.1) is 0 Å². The van der Waals surface area contributed by atoms with Crippen LogP contribution in [-0.2, 0) is 4.79 Å². The first-order chi connectivity index (χ1) is 14.0. The summed E-state index contributed by atoms with van der Waals surface area (Å²) in [5.41, 5.74) is 3.20. The first-order valence-electron chi connectivity index (χ1n) is 9.41. The van der Waals surface area contributed by atoms with Crippen molar-refractivity contribution < 1.29 is 23.7 Å². The maximum atomic E-state index is 11.9. The van der Waals surface area contributed by atoms with Crippen LogP contribution < -0.4 is 24.4 Å². The SMILES string of the molecule is COc1ccc(OCC(=O)N/N=C/c2ccc(OCCC(C)C)c(OC)c2)cc1. The van der Waals surface area contributed by atoms with Gasteiger partial charge in [0.1, 0.15) is 11.5 Å². The van der Waals surface area contributed by atoms with Gasteiger partial charge in [0.15, 0.2) is 18.1 Å². The normalized spacial score (nSPS) is 10.8. The molecule has 2 aromatic rings. The van der Waals surface area contributed by atoms with Crippen LogP contribution in [0.25, 0.3) is 0 Å². The molecule has 7 nitrogen and oxygen atoms in total. The van der Waals surface area contributed by atoms with Crippen LogP contribution in [0.4, 0.5) is 0 Å². The highest BCUT2D eigenvalue weighted by Crippen LogP contribution is 2.28.